The molecule has 1 fully saturated rings. The Hall–Kier alpha value is -2.44. The van der Waals surface area contributed by atoms with E-state index in [1.54, 1.807) is 18.4 Å². The van der Waals surface area contributed by atoms with E-state index in [9.17, 15) is 0 Å². The van der Waals surface area contributed by atoms with E-state index in [2.05, 4.69) is 33.5 Å². The predicted molar refractivity (Wildman–Crippen MR) is 105 cm³/mol. The number of anilines is 1. The van der Waals surface area contributed by atoms with E-state index in [1.165, 1.54) is 0 Å². The number of hydrogen-bond acceptors (Lipinski definition) is 6. The van der Waals surface area contributed by atoms with Crippen molar-refractivity contribution in [3.63, 3.8) is 0 Å². The third kappa shape index (κ3) is 3.43. The molecule has 3 heterocycles. The quantitative estimate of drug-likeness (QED) is 0.697. The molecule has 0 bridgehead atoms. The molecule has 1 aliphatic heterocycles. The molecule has 5 nitrogen and oxygen atoms in total. The van der Waals surface area contributed by atoms with Crippen molar-refractivity contribution in [1.82, 2.24) is 9.97 Å². The van der Waals surface area contributed by atoms with Gasteiger partial charge in [0, 0.05) is 35.8 Å². The summed E-state index contributed by atoms with van der Waals surface area (Å²) >= 11 is 1.66. The number of thiazole rings is 1. The number of hydrogen-bond donors (Lipinski definition) is 0. The van der Waals surface area contributed by atoms with Crippen molar-refractivity contribution in [1.29, 1.82) is 0 Å². The third-order valence-electron chi connectivity index (χ3n) is 4.52. The van der Waals surface area contributed by atoms with E-state index in [1.807, 2.05) is 25.3 Å². The molecule has 0 spiro atoms. The second-order valence-corrected chi connectivity index (χ2v) is 7.08. The number of ether oxygens (including phenoxy) is 2. The van der Waals surface area contributed by atoms with Gasteiger partial charge < -0.3 is 14.4 Å². The zero-order valence-corrected chi connectivity index (χ0v) is 15.8. The van der Waals surface area contributed by atoms with E-state index in [0.717, 1.165) is 65.3 Å². The van der Waals surface area contributed by atoms with Crippen LogP contribution in [0.15, 0.2) is 41.9 Å². The lowest BCUT2D eigenvalue weighted by atomic mass is 10.1. The molecule has 0 unspecified atom stereocenters. The van der Waals surface area contributed by atoms with Gasteiger partial charge in [0.25, 0.3) is 0 Å². The molecular weight excluding hydrogens is 346 g/mol. The van der Waals surface area contributed by atoms with Gasteiger partial charge in [-0.25, -0.2) is 9.97 Å². The summed E-state index contributed by atoms with van der Waals surface area (Å²) in [6.07, 6.45) is 1.86. The van der Waals surface area contributed by atoms with Gasteiger partial charge in [0.05, 0.1) is 26.0 Å². The molecule has 1 aromatic carbocycles. The number of pyridine rings is 1. The first-order chi connectivity index (χ1) is 12.7. The number of benzene rings is 1. The zero-order chi connectivity index (χ0) is 17.9. The number of rotatable bonds is 4. The molecule has 1 saturated heterocycles. The summed E-state index contributed by atoms with van der Waals surface area (Å²) in [5.74, 6) is 1.89. The third-order valence-corrected chi connectivity index (χ3v) is 5.41. The predicted octanol–water partition coefficient (Wildman–Crippen LogP) is 4.03. The Bertz CT molecular complexity index is 904. The highest BCUT2D eigenvalue weighted by Crippen LogP contribution is 2.32. The Balaban J connectivity index is 1.61. The van der Waals surface area contributed by atoms with Gasteiger partial charge in [0.1, 0.15) is 16.6 Å². The van der Waals surface area contributed by atoms with Crippen LogP contribution >= 0.6 is 11.3 Å². The molecule has 6 heteroatoms. The Kier molecular flexibility index (Phi) is 4.86. The zero-order valence-electron chi connectivity index (χ0n) is 14.9. The van der Waals surface area contributed by atoms with E-state index in [-0.39, 0.29) is 0 Å². The minimum absolute atomic E-state index is 0.754. The SMILES string of the molecule is COc1ccc(-c2csc(-c3ccnc(N4CCOCC4)c3)n2)cc1C. The first-order valence-corrected chi connectivity index (χ1v) is 9.52. The molecule has 26 heavy (non-hydrogen) atoms. The molecule has 0 radical (unpaired) electrons. The first kappa shape index (κ1) is 17.0. The number of methoxy groups -OCH3 is 1. The van der Waals surface area contributed by atoms with Crippen LogP contribution in [0.5, 0.6) is 5.75 Å². The summed E-state index contributed by atoms with van der Waals surface area (Å²) in [4.78, 5) is 11.6. The monoisotopic (exact) mass is 367 g/mol. The van der Waals surface area contributed by atoms with Crippen molar-refractivity contribution in [3.05, 3.63) is 47.5 Å². The fourth-order valence-corrected chi connectivity index (χ4v) is 3.92. The van der Waals surface area contributed by atoms with Crippen LogP contribution in [0, 0.1) is 6.92 Å². The molecule has 0 atom stereocenters. The molecule has 3 aromatic rings. The highest BCUT2D eigenvalue weighted by Gasteiger charge is 2.14. The Morgan fingerprint density at radius 3 is 2.73 bits per heavy atom. The van der Waals surface area contributed by atoms with Crippen molar-refractivity contribution in [3.8, 4) is 27.6 Å². The van der Waals surface area contributed by atoms with Crippen molar-refractivity contribution >= 4 is 17.2 Å². The summed E-state index contributed by atoms with van der Waals surface area (Å²) < 4.78 is 10.8. The Morgan fingerprint density at radius 2 is 1.96 bits per heavy atom. The van der Waals surface area contributed by atoms with Crippen LogP contribution in [0.1, 0.15) is 5.56 Å². The summed E-state index contributed by atoms with van der Waals surface area (Å²) in [6, 6.07) is 10.3. The van der Waals surface area contributed by atoms with E-state index in [0.29, 0.717) is 0 Å². The van der Waals surface area contributed by atoms with Gasteiger partial charge in [-0.05, 0) is 42.8 Å². The van der Waals surface area contributed by atoms with Crippen LogP contribution in [0.3, 0.4) is 0 Å². The van der Waals surface area contributed by atoms with E-state index >= 15 is 0 Å². The Morgan fingerprint density at radius 1 is 1.12 bits per heavy atom. The van der Waals surface area contributed by atoms with Gasteiger partial charge in [-0.2, -0.15) is 0 Å². The van der Waals surface area contributed by atoms with Crippen LogP contribution < -0.4 is 9.64 Å². The summed E-state index contributed by atoms with van der Waals surface area (Å²) in [7, 11) is 1.69. The molecule has 134 valence electrons. The molecule has 0 N–H and O–H groups in total. The van der Waals surface area contributed by atoms with Crippen LogP contribution in [0.4, 0.5) is 5.82 Å². The molecule has 0 saturated carbocycles. The van der Waals surface area contributed by atoms with Crippen LogP contribution in [0.25, 0.3) is 21.8 Å². The summed E-state index contributed by atoms with van der Waals surface area (Å²) in [5.41, 5.74) is 4.30. The van der Waals surface area contributed by atoms with Gasteiger partial charge in [-0.15, -0.1) is 11.3 Å². The lowest BCUT2D eigenvalue weighted by Crippen LogP contribution is -2.36. The number of morpholine rings is 1. The van der Waals surface area contributed by atoms with Gasteiger partial charge in [-0.1, -0.05) is 0 Å². The smallest absolute Gasteiger partial charge is 0.129 e. The topological polar surface area (TPSA) is 47.5 Å². The second kappa shape index (κ2) is 7.43. The highest BCUT2D eigenvalue weighted by molar-refractivity contribution is 7.13. The largest absolute Gasteiger partial charge is 0.496 e. The maximum absolute atomic E-state index is 5.43. The standard InChI is InChI=1S/C20H21N3O2S/c1-14-11-15(3-4-18(14)24-2)17-13-26-20(22-17)16-5-6-21-19(12-16)23-7-9-25-10-8-23/h3-6,11-13H,7-10H2,1-2H3. The fraction of sp³-hybridized carbons (Fsp3) is 0.300. The molecular formula is C20H21N3O2S. The van der Waals surface area contributed by atoms with Gasteiger partial charge in [0.15, 0.2) is 0 Å². The van der Waals surface area contributed by atoms with Crippen molar-refractivity contribution in [2.75, 3.05) is 38.3 Å². The molecule has 0 aliphatic carbocycles. The fourth-order valence-electron chi connectivity index (χ4n) is 3.09. The average Bonchev–Trinajstić information content (AvgIpc) is 3.19. The van der Waals surface area contributed by atoms with Gasteiger partial charge in [-0.3, -0.25) is 0 Å². The van der Waals surface area contributed by atoms with Crippen molar-refractivity contribution < 1.29 is 9.47 Å². The second-order valence-electron chi connectivity index (χ2n) is 6.22. The normalized spacial score (nSPS) is 14.5. The molecule has 1 aliphatic rings. The van der Waals surface area contributed by atoms with Gasteiger partial charge >= 0.3 is 0 Å². The lowest BCUT2D eigenvalue weighted by molar-refractivity contribution is 0.122. The number of nitrogens with zero attached hydrogens (tertiary/aromatic N) is 3. The molecule has 4 rings (SSSR count). The molecule has 0 amide bonds. The van der Waals surface area contributed by atoms with E-state index < -0.39 is 0 Å². The Labute approximate surface area is 157 Å². The highest BCUT2D eigenvalue weighted by atomic mass is 32.1. The average molecular weight is 367 g/mol. The minimum atomic E-state index is 0.754. The van der Waals surface area contributed by atoms with E-state index in [4.69, 9.17) is 14.5 Å². The lowest BCUT2D eigenvalue weighted by Gasteiger charge is -2.27. The first-order valence-electron chi connectivity index (χ1n) is 8.64. The van der Waals surface area contributed by atoms with Crippen LogP contribution in [-0.2, 0) is 4.74 Å². The van der Waals surface area contributed by atoms with Crippen molar-refractivity contribution in [2.24, 2.45) is 0 Å². The molecule has 2 aromatic heterocycles. The van der Waals surface area contributed by atoms with Gasteiger partial charge in [0.2, 0.25) is 0 Å². The van der Waals surface area contributed by atoms with Crippen LogP contribution in [-0.4, -0.2) is 43.4 Å². The van der Waals surface area contributed by atoms with Crippen LogP contribution in [0.2, 0.25) is 0 Å². The number of aromatic nitrogens is 2. The maximum atomic E-state index is 5.43. The number of aryl methyl sites for hydroxylation is 1. The summed E-state index contributed by atoms with van der Waals surface area (Å²) in [6.45, 7) is 5.32. The maximum Gasteiger partial charge on any atom is 0.129 e. The summed E-state index contributed by atoms with van der Waals surface area (Å²) in [5, 5.41) is 3.11. The minimum Gasteiger partial charge on any atom is -0.496 e. The van der Waals surface area contributed by atoms with Crippen molar-refractivity contribution in [2.45, 2.75) is 6.92 Å².